The van der Waals surface area contributed by atoms with Crippen LogP contribution in [0.5, 0.6) is 0 Å². The Morgan fingerprint density at radius 2 is 2.05 bits per heavy atom. The molecule has 0 saturated heterocycles. The van der Waals surface area contributed by atoms with E-state index in [4.69, 9.17) is 17.3 Å². The van der Waals surface area contributed by atoms with Crippen LogP contribution in [0, 0.1) is 11.7 Å². The zero-order valence-electron chi connectivity index (χ0n) is 11.2. The summed E-state index contributed by atoms with van der Waals surface area (Å²) in [5.41, 5.74) is 5.57. The van der Waals surface area contributed by atoms with Gasteiger partial charge in [0.05, 0.1) is 5.02 Å². The maximum absolute atomic E-state index is 13.1. The number of hydrogen-bond acceptors (Lipinski definition) is 3. The summed E-state index contributed by atoms with van der Waals surface area (Å²) in [5.74, 6) is -0.322. The zero-order valence-corrected chi connectivity index (χ0v) is 14.3. The minimum absolute atomic E-state index is 0.0790. The van der Waals surface area contributed by atoms with Crippen molar-refractivity contribution in [1.82, 2.24) is 4.72 Å². The number of nitrogens with two attached hydrogens (primary N) is 1. The van der Waals surface area contributed by atoms with Crippen molar-refractivity contribution in [2.75, 3.05) is 6.54 Å². The van der Waals surface area contributed by atoms with Crippen molar-refractivity contribution in [2.24, 2.45) is 11.7 Å². The first kappa shape index (κ1) is 17.8. The highest BCUT2D eigenvalue weighted by Crippen LogP contribution is 2.30. The number of hydrogen-bond donors (Lipinski definition) is 2. The summed E-state index contributed by atoms with van der Waals surface area (Å²) in [7, 11) is -3.87. The lowest BCUT2D eigenvalue weighted by molar-refractivity contribution is 0.465. The molecule has 114 valence electrons. The van der Waals surface area contributed by atoms with Crippen molar-refractivity contribution in [2.45, 2.75) is 31.2 Å². The van der Waals surface area contributed by atoms with Gasteiger partial charge >= 0.3 is 0 Å². The highest BCUT2D eigenvalue weighted by atomic mass is 79.9. The fraction of sp³-hybridized carbons (Fsp3) is 0.500. The third-order valence-electron chi connectivity index (χ3n) is 2.59. The molecule has 0 amide bonds. The Labute approximate surface area is 132 Å². The number of sulfonamides is 1. The molecular formula is C12H17BrClFN2O2S. The summed E-state index contributed by atoms with van der Waals surface area (Å²) in [6.45, 7) is 4.11. The quantitative estimate of drug-likeness (QED) is 0.788. The topological polar surface area (TPSA) is 72.2 Å². The molecule has 0 heterocycles. The van der Waals surface area contributed by atoms with Crippen LogP contribution in [0.15, 0.2) is 21.5 Å². The maximum atomic E-state index is 13.1. The summed E-state index contributed by atoms with van der Waals surface area (Å²) < 4.78 is 40.4. The Balaban J connectivity index is 3.11. The van der Waals surface area contributed by atoms with E-state index < -0.39 is 21.9 Å². The van der Waals surface area contributed by atoms with Gasteiger partial charge in [0.25, 0.3) is 0 Å². The van der Waals surface area contributed by atoms with E-state index in [1.807, 2.05) is 13.8 Å². The van der Waals surface area contributed by atoms with E-state index >= 15 is 0 Å². The van der Waals surface area contributed by atoms with E-state index in [0.29, 0.717) is 12.3 Å². The van der Waals surface area contributed by atoms with Crippen LogP contribution in [-0.4, -0.2) is 21.0 Å². The molecule has 0 aliphatic rings. The van der Waals surface area contributed by atoms with Crippen molar-refractivity contribution in [1.29, 1.82) is 0 Å². The van der Waals surface area contributed by atoms with E-state index in [1.165, 1.54) is 0 Å². The Kier molecular flexibility index (Phi) is 6.40. The van der Waals surface area contributed by atoms with Gasteiger partial charge in [-0.15, -0.1) is 0 Å². The number of benzene rings is 1. The van der Waals surface area contributed by atoms with Gasteiger partial charge < -0.3 is 5.73 Å². The van der Waals surface area contributed by atoms with Crippen LogP contribution < -0.4 is 10.5 Å². The molecule has 0 saturated carbocycles. The van der Waals surface area contributed by atoms with Crippen LogP contribution in [0.2, 0.25) is 5.02 Å². The molecule has 0 spiro atoms. The summed E-state index contributed by atoms with van der Waals surface area (Å²) in [5, 5.41) is -0.176. The van der Waals surface area contributed by atoms with Crippen LogP contribution in [-0.2, 0) is 10.0 Å². The van der Waals surface area contributed by atoms with E-state index in [-0.39, 0.29) is 20.9 Å². The maximum Gasteiger partial charge on any atom is 0.243 e. The predicted octanol–water partition coefficient (Wildman–Crippen LogP) is 2.89. The molecule has 1 aromatic carbocycles. The second-order valence-electron chi connectivity index (χ2n) is 4.88. The van der Waals surface area contributed by atoms with Gasteiger partial charge in [-0.3, -0.25) is 0 Å². The normalized spacial score (nSPS) is 13.8. The molecule has 1 rings (SSSR count). The fourth-order valence-corrected chi connectivity index (χ4v) is 4.90. The van der Waals surface area contributed by atoms with Crippen molar-refractivity contribution in [3.8, 4) is 0 Å². The van der Waals surface area contributed by atoms with Gasteiger partial charge in [0.15, 0.2) is 0 Å². The number of nitrogens with one attached hydrogen (secondary N) is 1. The fourth-order valence-electron chi connectivity index (χ4n) is 1.83. The van der Waals surface area contributed by atoms with Gasteiger partial charge in [0.2, 0.25) is 10.0 Å². The highest BCUT2D eigenvalue weighted by Gasteiger charge is 2.25. The SMILES string of the molecule is CC(C)CC(CN)NS(=O)(=O)c1c(Cl)cc(F)cc1Br. The van der Waals surface area contributed by atoms with Gasteiger partial charge in [0.1, 0.15) is 10.7 Å². The highest BCUT2D eigenvalue weighted by molar-refractivity contribution is 9.10. The van der Waals surface area contributed by atoms with Gasteiger partial charge in [-0.2, -0.15) is 0 Å². The van der Waals surface area contributed by atoms with Crippen LogP contribution in [0.25, 0.3) is 0 Å². The van der Waals surface area contributed by atoms with Gasteiger partial charge in [0, 0.05) is 17.1 Å². The standard InChI is InChI=1S/C12H17BrClFN2O2S/c1-7(2)3-9(6-16)17-20(18,19)12-10(13)4-8(15)5-11(12)14/h4-5,7,9,17H,3,6,16H2,1-2H3. The van der Waals surface area contributed by atoms with Crippen molar-refractivity contribution >= 4 is 37.6 Å². The lowest BCUT2D eigenvalue weighted by atomic mass is 10.1. The zero-order chi connectivity index (χ0) is 15.5. The number of halogens is 3. The molecule has 20 heavy (non-hydrogen) atoms. The average molecular weight is 388 g/mol. The van der Waals surface area contributed by atoms with Crippen LogP contribution in [0.1, 0.15) is 20.3 Å². The first-order chi connectivity index (χ1) is 9.17. The molecule has 3 N–H and O–H groups in total. The van der Waals surface area contributed by atoms with Crippen LogP contribution in [0.3, 0.4) is 0 Å². The van der Waals surface area contributed by atoms with Crippen LogP contribution in [0.4, 0.5) is 4.39 Å². The lowest BCUT2D eigenvalue weighted by Crippen LogP contribution is -2.41. The molecule has 0 aromatic heterocycles. The molecule has 0 aliphatic heterocycles. The summed E-state index contributed by atoms with van der Waals surface area (Å²) in [4.78, 5) is -0.178. The van der Waals surface area contributed by atoms with Crippen molar-refractivity contribution in [3.63, 3.8) is 0 Å². The second-order valence-corrected chi connectivity index (χ2v) is 7.79. The Hall–Kier alpha value is -0.210. The molecule has 1 atom stereocenters. The second kappa shape index (κ2) is 7.17. The van der Waals surface area contributed by atoms with Crippen LogP contribution >= 0.6 is 27.5 Å². The lowest BCUT2D eigenvalue weighted by Gasteiger charge is -2.19. The summed E-state index contributed by atoms with van der Waals surface area (Å²) in [6.07, 6.45) is 0.603. The molecule has 0 bridgehead atoms. The molecule has 8 heteroatoms. The Morgan fingerprint density at radius 1 is 1.45 bits per heavy atom. The summed E-state index contributed by atoms with van der Waals surface area (Å²) in [6, 6.07) is 1.62. The molecule has 1 unspecified atom stereocenters. The molecule has 4 nitrogen and oxygen atoms in total. The number of rotatable bonds is 6. The molecule has 0 radical (unpaired) electrons. The van der Waals surface area contributed by atoms with E-state index in [0.717, 1.165) is 12.1 Å². The Morgan fingerprint density at radius 3 is 2.50 bits per heavy atom. The van der Waals surface area contributed by atoms with E-state index in [1.54, 1.807) is 0 Å². The summed E-state index contributed by atoms with van der Waals surface area (Å²) >= 11 is 8.85. The van der Waals surface area contributed by atoms with Crippen molar-refractivity contribution in [3.05, 3.63) is 27.4 Å². The third-order valence-corrected chi connectivity index (χ3v) is 5.51. The molecular weight excluding hydrogens is 371 g/mol. The first-order valence-corrected chi connectivity index (χ1v) is 8.69. The smallest absolute Gasteiger partial charge is 0.243 e. The van der Waals surface area contributed by atoms with Crippen molar-refractivity contribution < 1.29 is 12.8 Å². The minimum Gasteiger partial charge on any atom is -0.329 e. The van der Waals surface area contributed by atoms with E-state index in [2.05, 4.69) is 20.7 Å². The van der Waals surface area contributed by atoms with Gasteiger partial charge in [-0.1, -0.05) is 25.4 Å². The Bertz CT molecular complexity index is 558. The molecule has 1 aromatic rings. The first-order valence-electron chi connectivity index (χ1n) is 6.04. The van der Waals surface area contributed by atoms with Gasteiger partial charge in [-0.25, -0.2) is 17.5 Å². The van der Waals surface area contributed by atoms with Gasteiger partial charge in [-0.05, 0) is 40.4 Å². The largest absolute Gasteiger partial charge is 0.329 e. The predicted molar refractivity (Wildman–Crippen MR) is 81.7 cm³/mol. The minimum atomic E-state index is -3.87. The third kappa shape index (κ3) is 4.66. The average Bonchev–Trinajstić information content (AvgIpc) is 2.24. The van der Waals surface area contributed by atoms with E-state index in [9.17, 15) is 12.8 Å². The molecule has 0 fully saturated rings. The molecule has 0 aliphatic carbocycles. The monoisotopic (exact) mass is 386 g/mol.